The van der Waals surface area contributed by atoms with Crippen LogP contribution in [0.4, 0.5) is 0 Å². The number of ether oxygens (including phenoxy) is 1. The van der Waals surface area contributed by atoms with E-state index in [1.54, 1.807) is 6.26 Å². The van der Waals surface area contributed by atoms with Crippen molar-refractivity contribution in [3.8, 4) is 0 Å². The Morgan fingerprint density at radius 2 is 2.05 bits per heavy atom. The van der Waals surface area contributed by atoms with E-state index in [-0.39, 0.29) is 5.97 Å². The second-order valence-corrected chi connectivity index (χ2v) is 5.29. The van der Waals surface area contributed by atoms with Gasteiger partial charge in [0.05, 0.1) is 12.7 Å². The summed E-state index contributed by atoms with van der Waals surface area (Å²) in [6, 6.07) is 9.63. The largest absolute Gasteiger partial charge is 0.434 e. The lowest BCUT2D eigenvalue weighted by Gasteiger charge is -2.10. The molecule has 2 heteroatoms. The van der Waals surface area contributed by atoms with Crippen LogP contribution < -0.4 is 0 Å². The summed E-state index contributed by atoms with van der Waals surface area (Å²) < 4.78 is 5.19. The molecule has 0 aliphatic carbocycles. The molecule has 1 aromatic carbocycles. The molecule has 0 aromatic heterocycles. The highest BCUT2D eigenvalue weighted by Crippen LogP contribution is 2.16. The summed E-state index contributed by atoms with van der Waals surface area (Å²) in [5.41, 5.74) is 2.07. The van der Waals surface area contributed by atoms with Gasteiger partial charge in [-0.05, 0) is 43.2 Å². The summed E-state index contributed by atoms with van der Waals surface area (Å²) in [6.07, 6.45) is 6.95. The van der Waals surface area contributed by atoms with Crippen molar-refractivity contribution >= 4 is 5.97 Å². The van der Waals surface area contributed by atoms with Gasteiger partial charge in [-0.1, -0.05) is 43.3 Å². The van der Waals surface area contributed by atoms with Crippen LogP contribution in [0.25, 0.3) is 0 Å². The van der Waals surface area contributed by atoms with Crippen LogP contribution in [-0.4, -0.2) is 5.97 Å². The lowest BCUT2D eigenvalue weighted by atomic mass is 9.98. The number of benzene rings is 1. The van der Waals surface area contributed by atoms with Crippen LogP contribution in [0.5, 0.6) is 0 Å². The third-order valence-corrected chi connectivity index (χ3v) is 3.12. The smallest absolute Gasteiger partial charge is 0.315 e. The Labute approximate surface area is 122 Å². The average Bonchev–Trinajstić information content (AvgIpc) is 2.44. The summed E-state index contributed by atoms with van der Waals surface area (Å²) in [5, 5.41) is 0. The van der Waals surface area contributed by atoms with Gasteiger partial charge in [-0.25, -0.2) is 0 Å². The summed E-state index contributed by atoms with van der Waals surface area (Å²) in [6.45, 7) is 7.93. The molecular weight excluding hydrogens is 248 g/mol. The van der Waals surface area contributed by atoms with Gasteiger partial charge in [-0.15, -0.1) is 6.58 Å². The lowest BCUT2D eigenvalue weighted by Crippen LogP contribution is -2.04. The number of esters is 1. The van der Waals surface area contributed by atoms with E-state index < -0.39 is 0 Å². The molecule has 20 heavy (non-hydrogen) atoms. The number of carbonyl (C=O) groups is 1. The van der Waals surface area contributed by atoms with E-state index in [2.05, 4.69) is 13.5 Å². The fourth-order valence-electron chi connectivity index (χ4n) is 2.07. The first-order valence-corrected chi connectivity index (χ1v) is 7.11. The Morgan fingerprint density at radius 1 is 1.35 bits per heavy atom. The first-order chi connectivity index (χ1) is 9.61. The van der Waals surface area contributed by atoms with E-state index in [0.717, 1.165) is 30.4 Å². The van der Waals surface area contributed by atoms with Gasteiger partial charge in [0.25, 0.3) is 0 Å². The molecule has 0 radical (unpaired) electrons. The van der Waals surface area contributed by atoms with Gasteiger partial charge in [0.2, 0.25) is 0 Å². The minimum absolute atomic E-state index is 0.214. The van der Waals surface area contributed by atoms with Gasteiger partial charge in [0, 0.05) is 0 Å². The van der Waals surface area contributed by atoms with Crippen molar-refractivity contribution < 1.29 is 9.53 Å². The van der Waals surface area contributed by atoms with Gasteiger partial charge < -0.3 is 4.74 Å². The van der Waals surface area contributed by atoms with Crippen LogP contribution in [0.1, 0.15) is 38.7 Å². The van der Waals surface area contributed by atoms with Crippen molar-refractivity contribution in [1.82, 2.24) is 0 Å². The van der Waals surface area contributed by atoms with Gasteiger partial charge in [-0.3, -0.25) is 4.79 Å². The molecule has 1 rings (SSSR count). The fraction of sp³-hybridized carbons (Fsp3) is 0.389. The van der Waals surface area contributed by atoms with Gasteiger partial charge in [0.15, 0.2) is 0 Å². The van der Waals surface area contributed by atoms with E-state index in [4.69, 9.17) is 4.74 Å². The van der Waals surface area contributed by atoms with Crippen LogP contribution in [-0.2, 0) is 16.0 Å². The third kappa shape index (κ3) is 6.93. The zero-order chi connectivity index (χ0) is 14.8. The maximum Gasteiger partial charge on any atom is 0.315 e. The average molecular weight is 272 g/mol. The molecule has 0 fully saturated rings. The first kappa shape index (κ1) is 16.2. The minimum Gasteiger partial charge on any atom is -0.434 e. The first-order valence-electron chi connectivity index (χ1n) is 7.11. The summed E-state index contributed by atoms with van der Waals surface area (Å²) in [7, 11) is 0. The van der Waals surface area contributed by atoms with Crippen molar-refractivity contribution in [2.45, 2.75) is 39.5 Å². The third-order valence-electron chi connectivity index (χ3n) is 3.12. The van der Waals surface area contributed by atoms with Crippen molar-refractivity contribution in [2.24, 2.45) is 5.92 Å². The zero-order valence-corrected chi connectivity index (χ0v) is 12.5. The molecule has 1 unspecified atom stereocenters. The Hall–Kier alpha value is -1.83. The molecule has 0 spiro atoms. The monoisotopic (exact) mass is 272 g/mol. The Morgan fingerprint density at radius 3 is 2.70 bits per heavy atom. The highest BCUT2D eigenvalue weighted by molar-refractivity contribution is 5.73. The van der Waals surface area contributed by atoms with E-state index in [1.165, 1.54) is 0 Å². The molecule has 0 N–H and O–H groups in total. The Kier molecular flexibility index (Phi) is 7.41. The predicted molar refractivity (Wildman–Crippen MR) is 83.2 cm³/mol. The number of rotatable bonds is 8. The summed E-state index contributed by atoms with van der Waals surface area (Å²) in [4.78, 5) is 11.7. The van der Waals surface area contributed by atoms with Gasteiger partial charge >= 0.3 is 5.97 Å². The molecule has 0 heterocycles. The Bertz CT molecular complexity index is 446. The Balaban J connectivity index is 2.34. The maximum atomic E-state index is 11.7. The highest BCUT2D eigenvalue weighted by Gasteiger charge is 2.05. The van der Waals surface area contributed by atoms with Crippen molar-refractivity contribution in [1.29, 1.82) is 0 Å². The maximum absolute atomic E-state index is 11.7. The molecular formula is C18H24O2. The second-order valence-electron chi connectivity index (χ2n) is 5.29. The van der Waals surface area contributed by atoms with E-state index in [1.807, 2.05) is 43.3 Å². The van der Waals surface area contributed by atoms with Crippen molar-refractivity contribution in [2.75, 3.05) is 0 Å². The van der Waals surface area contributed by atoms with Crippen molar-refractivity contribution in [3.63, 3.8) is 0 Å². The number of hydrogen-bond acceptors (Lipinski definition) is 2. The lowest BCUT2D eigenvalue weighted by molar-refractivity contribution is -0.137. The van der Waals surface area contributed by atoms with E-state index in [9.17, 15) is 4.79 Å². The van der Waals surface area contributed by atoms with Crippen LogP contribution in [0, 0.1) is 5.92 Å². The topological polar surface area (TPSA) is 26.3 Å². The van der Waals surface area contributed by atoms with Gasteiger partial charge in [0.1, 0.15) is 0 Å². The zero-order valence-electron chi connectivity index (χ0n) is 12.5. The van der Waals surface area contributed by atoms with Crippen LogP contribution in [0.15, 0.2) is 54.8 Å². The molecule has 1 aromatic rings. The molecule has 1 atom stereocenters. The van der Waals surface area contributed by atoms with Crippen LogP contribution in [0.3, 0.4) is 0 Å². The minimum atomic E-state index is -0.214. The number of carbonyl (C=O) groups excluding carboxylic acids is 1. The molecule has 0 saturated carbocycles. The van der Waals surface area contributed by atoms with E-state index >= 15 is 0 Å². The molecule has 0 aliphatic rings. The summed E-state index contributed by atoms with van der Waals surface area (Å²) >= 11 is 0. The van der Waals surface area contributed by atoms with E-state index in [0.29, 0.717) is 12.3 Å². The molecule has 0 bridgehead atoms. The summed E-state index contributed by atoms with van der Waals surface area (Å²) in [5.74, 6) is 0.367. The van der Waals surface area contributed by atoms with Crippen molar-refractivity contribution in [3.05, 3.63) is 60.4 Å². The molecule has 0 aliphatic heterocycles. The molecule has 108 valence electrons. The highest BCUT2D eigenvalue weighted by atomic mass is 16.5. The standard InChI is InChI=1S/C18H24O2/c1-4-5-9-15(2)12-16(3)14-20-18(19)13-17-10-7-6-8-11-17/h4,6-8,10-11,14-15H,1,5,9,12-13H2,2-3H3/b16-14+. The molecule has 2 nitrogen and oxygen atoms in total. The van der Waals surface area contributed by atoms with Gasteiger partial charge in [-0.2, -0.15) is 0 Å². The quantitative estimate of drug-likeness (QED) is 0.390. The molecule has 0 amide bonds. The van der Waals surface area contributed by atoms with Crippen LogP contribution >= 0.6 is 0 Å². The second kappa shape index (κ2) is 9.13. The molecule has 0 saturated heterocycles. The number of allylic oxidation sites excluding steroid dienone is 2. The normalized spacial score (nSPS) is 12.8. The fourth-order valence-corrected chi connectivity index (χ4v) is 2.07. The number of hydrogen-bond donors (Lipinski definition) is 0. The predicted octanol–water partition coefficient (Wildman–Crippen LogP) is 4.67. The van der Waals surface area contributed by atoms with Crippen LogP contribution in [0.2, 0.25) is 0 Å². The SMILES string of the molecule is C=CCCC(C)C/C(C)=C/OC(=O)Cc1ccccc1.